The molecular weight excluding hydrogens is 535 g/mol. The molecule has 0 N–H and O–H groups in total. The van der Waals surface area contributed by atoms with E-state index in [0.29, 0.717) is 6.08 Å². The van der Waals surface area contributed by atoms with Crippen molar-refractivity contribution in [2.75, 3.05) is 0 Å². The van der Waals surface area contributed by atoms with Crippen LogP contribution in [0.4, 0.5) is 72.6 Å². The Bertz CT molecular complexity index is 909. The van der Waals surface area contributed by atoms with Gasteiger partial charge in [0, 0.05) is 0 Å². The van der Waals surface area contributed by atoms with Crippen LogP contribution in [0, 0.1) is 0 Å². The Balaban J connectivity index is 3.78. The van der Waals surface area contributed by atoms with Gasteiger partial charge in [-0.1, -0.05) is 30.9 Å². The van der Waals surface area contributed by atoms with Crippen molar-refractivity contribution >= 4 is 9.84 Å². The minimum atomic E-state index is -12.1. The third-order valence-corrected chi connectivity index (χ3v) is 6.23. The van der Waals surface area contributed by atoms with E-state index in [1.807, 2.05) is 0 Å². The molecule has 0 saturated heterocycles. The molecule has 0 nitrogen and oxygen atoms in total. The van der Waals surface area contributed by atoms with Gasteiger partial charge in [0.25, 0.3) is 0 Å². The fourth-order valence-electron chi connectivity index (χ4n) is 2.22. The molecular formula is C15H9F17S. The van der Waals surface area contributed by atoms with E-state index in [-0.39, 0.29) is 11.6 Å². The van der Waals surface area contributed by atoms with Crippen LogP contribution in [0.25, 0.3) is 0 Å². The van der Waals surface area contributed by atoms with Crippen molar-refractivity contribution < 1.29 is 72.6 Å². The Morgan fingerprint density at radius 1 is 0.667 bits per heavy atom. The molecule has 1 aliphatic carbocycles. The summed E-state index contributed by atoms with van der Waals surface area (Å²) in [5.74, 6) is -34.4. The Morgan fingerprint density at radius 3 is 1.42 bits per heavy atom. The van der Waals surface area contributed by atoms with Crippen molar-refractivity contribution in [2.45, 2.75) is 41.5 Å². The lowest BCUT2D eigenvalue weighted by Crippen LogP contribution is -2.71. The molecule has 0 heterocycles. The van der Waals surface area contributed by atoms with Crippen molar-refractivity contribution in [2.24, 2.45) is 0 Å². The lowest BCUT2D eigenvalue weighted by molar-refractivity contribution is -0.434. The maximum absolute atomic E-state index is 13.9. The molecule has 0 saturated carbocycles. The molecule has 0 atom stereocenters. The smallest absolute Gasteiger partial charge is 0.192 e. The topological polar surface area (TPSA) is 0 Å². The molecule has 0 bridgehead atoms. The summed E-state index contributed by atoms with van der Waals surface area (Å²) in [5, 5.41) is -11.1. The molecule has 194 valence electrons. The monoisotopic (exact) mass is 544 g/mol. The summed E-state index contributed by atoms with van der Waals surface area (Å²) in [6.45, 7) is 3.13. The van der Waals surface area contributed by atoms with Crippen LogP contribution in [0.1, 0.15) is 6.42 Å². The van der Waals surface area contributed by atoms with Crippen molar-refractivity contribution in [1.82, 2.24) is 0 Å². The summed E-state index contributed by atoms with van der Waals surface area (Å²) in [7, 11) is -12.1. The second kappa shape index (κ2) is 6.84. The van der Waals surface area contributed by atoms with E-state index in [1.54, 1.807) is 0 Å². The summed E-state index contributed by atoms with van der Waals surface area (Å²) in [6, 6.07) is 0. The SMILES string of the molecule is C=CC1=CCC(=CS(F)(F)(F)(F)C(F)(F)C(F)(F)C(F)(F)C(F)(F)C(F)(F)C(F)(F)F)C=C1. The molecule has 0 aromatic rings. The largest absolute Gasteiger partial charge is 0.460 e. The number of hydrogen-bond donors (Lipinski definition) is 0. The third kappa shape index (κ3) is 4.00. The van der Waals surface area contributed by atoms with Gasteiger partial charge in [0.2, 0.25) is 9.84 Å². The Kier molecular flexibility index (Phi) is 6.04. The van der Waals surface area contributed by atoms with Crippen LogP contribution in [0.3, 0.4) is 0 Å². The maximum atomic E-state index is 13.9. The number of alkyl halides is 13. The first-order valence-corrected chi connectivity index (χ1v) is 9.82. The van der Waals surface area contributed by atoms with Crippen molar-refractivity contribution in [3.05, 3.63) is 47.4 Å². The molecule has 18 heteroatoms. The quantitative estimate of drug-likeness (QED) is 0.281. The van der Waals surface area contributed by atoms with Gasteiger partial charge in [-0.25, -0.2) is 0 Å². The molecule has 0 aliphatic heterocycles. The van der Waals surface area contributed by atoms with Gasteiger partial charge in [0.15, 0.2) is 0 Å². The van der Waals surface area contributed by atoms with Crippen molar-refractivity contribution in [1.29, 1.82) is 0 Å². The fourth-order valence-corrected chi connectivity index (χ4v) is 3.81. The summed E-state index contributed by atoms with van der Waals surface area (Å²) < 4.78 is 225. The molecule has 1 aliphatic rings. The minimum Gasteiger partial charge on any atom is -0.192 e. The van der Waals surface area contributed by atoms with Crippen LogP contribution >= 0.6 is 9.84 Å². The molecule has 0 unspecified atom stereocenters. The normalized spacial score (nSPS) is 20.9. The Hall–Kier alpha value is -1.88. The van der Waals surface area contributed by atoms with Crippen LogP contribution in [0.5, 0.6) is 0 Å². The first-order chi connectivity index (χ1) is 14.0. The van der Waals surface area contributed by atoms with E-state index in [2.05, 4.69) is 6.58 Å². The first-order valence-electron chi connectivity index (χ1n) is 7.71. The molecule has 0 fully saturated rings. The molecule has 0 amide bonds. The minimum absolute atomic E-state index is 0.00639. The van der Waals surface area contributed by atoms with Gasteiger partial charge in [-0.2, -0.15) is 57.1 Å². The van der Waals surface area contributed by atoms with Gasteiger partial charge >= 0.3 is 35.1 Å². The molecule has 1 rings (SSSR count). The van der Waals surface area contributed by atoms with E-state index in [1.165, 1.54) is 0 Å². The zero-order valence-corrected chi connectivity index (χ0v) is 16.0. The third-order valence-electron chi connectivity index (χ3n) is 4.13. The van der Waals surface area contributed by atoms with Crippen molar-refractivity contribution in [3.8, 4) is 0 Å². The first kappa shape index (κ1) is 29.2. The summed E-state index contributed by atoms with van der Waals surface area (Å²) >= 11 is 0. The summed E-state index contributed by atoms with van der Waals surface area (Å²) in [6.07, 6.45) is -6.49. The number of hydrogen-bond acceptors (Lipinski definition) is 0. The predicted octanol–water partition coefficient (Wildman–Crippen LogP) is 9.05. The fraction of sp³-hybridized carbons (Fsp3) is 0.467. The zero-order valence-electron chi connectivity index (χ0n) is 15.1. The van der Waals surface area contributed by atoms with E-state index >= 15 is 0 Å². The molecule has 0 spiro atoms. The number of rotatable bonds is 7. The van der Waals surface area contributed by atoms with Crippen LogP contribution in [-0.2, 0) is 0 Å². The Labute approximate surface area is 172 Å². The van der Waals surface area contributed by atoms with Gasteiger partial charge in [0.1, 0.15) is 0 Å². The van der Waals surface area contributed by atoms with Crippen LogP contribution in [0.2, 0.25) is 0 Å². The lowest BCUT2D eigenvalue weighted by Gasteiger charge is -2.55. The van der Waals surface area contributed by atoms with E-state index in [9.17, 15) is 72.6 Å². The van der Waals surface area contributed by atoms with Crippen molar-refractivity contribution in [3.63, 3.8) is 0 Å². The second-order valence-electron chi connectivity index (χ2n) is 6.58. The number of halogens is 17. The summed E-state index contributed by atoms with van der Waals surface area (Å²) in [4.78, 5) is 0. The highest BCUT2D eigenvalue weighted by atomic mass is 32.5. The summed E-state index contributed by atoms with van der Waals surface area (Å²) in [5.41, 5.74) is -1.64. The van der Waals surface area contributed by atoms with E-state index < -0.39 is 62.4 Å². The van der Waals surface area contributed by atoms with Gasteiger partial charge < -0.3 is 0 Å². The Morgan fingerprint density at radius 2 is 1.09 bits per heavy atom. The average Bonchev–Trinajstić information content (AvgIpc) is 2.59. The molecule has 33 heavy (non-hydrogen) atoms. The van der Waals surface area contributed by atoms with E-state index in [4.69, 9.17) is 0 Å². The van der Waals surface area contributed by atoms with Gasteiger partial charge in [-0.15, -0.1) is 15.5 Å². The van der Waals surface area contributed by atoms with Crippen LogP contribution in [-0.4, -0.2) is 35.1 Å². The van der Waals surface area contributed by atoms with E-state index in [0.717, 1.165) is 12.2 Å². The highest BCUT2D eigenvalue weighted by molar-refractivity contribution is 8.52. The maximum Gasteiger partial charge on any atom is 0.460 e. The highest BCUT2D eigenvalue weighted by Gasteiger charge is 2.98. The molecule has 0 aromatic heterocycles. The van der Waals surface area contributed by atoms with Gasteiger partial charge in [-0.05, 0) is 17.6 Å². The standard InChI is InChI=1S/C15H9F17S/c1-2-8-3-5-9(6-4-8)7-33(29,30,31,32)15(27,28)13(22,23)11(18,19)10(16,17)12(20,21)14(24,25)26/h2-5,7H,1,6H2. The lowest BCUT2D eigenvalue weighted by atomic mass is 9.98. The van der Waals surface area contributed by atoms with Gasteiger partial charge in [0.05, 0.1) is 5.41 Å². The molecule has 0 aromatic carbocycles. The average molecular weight is 544 g/mol. The predicted molar refractivity (Wildman–Crippen MR) is 82.9 cm³/mol. The van der Waals surface area contributed by atoms with Crippen LogP contribution in [0.15, 0.2) is 47.4 Å². The second-order valence-corrected chi connectivity index (χ2v) is 9.60. The molecule has 0 radical (unpaired) electrons. The van der Waals surface area contributed by atoms with Crippen LogP contribution < -0.4 is 0 Å². The van der Waals surface area contributed by atoms with Gasteiger partial charge in [-0.3, -0.25) is 0 Å². The zero-order chi connectivity index (χ0) is 26.8. The highest BCUT2D eigenvalue weighted by Crippen LogP contribution is 3.06. The number of allylic oxidation sites excluding steroid dienone is 6.